The van der Waals surface area contributed by atoms with Crippen LogP contribution in [0.2, 0.25) is 0 Å². The molecule has 0 saturated carbocycles. The van der Waals surface area contributed by atoms with Crippen LogP contribution in [0.1, 0.15) is 20.8 Å². The van der Waals surface area contributed by atoms with Crippen LogP contribution in [0.4, 0.5) is 0 Å². The maximum absolute atomic E-state index is 5.34. The van der Waals surface area contributed by atoms with E-state index in [2.05, 4.69) is 32.7 Å². The lowest BCUT2D eigenvalue weighted by atomic mass is 10.1. The Morgan fingerprint density at radius 3 is 2.43 bits per heavy atom. The Kier molecular flexibility index (Phi) is 6.79. The second-order valence-electron chi connectivity index (χ2n) is 4.40. The van der Waals surface area contributed by atoms with Crippen molar-refractivity contribution < 1.29 is 9.47 Å². The molecule has 14 heavy (non-hydrogen) atoms. The van der Waals surface area contributed by atoms with Crippen molar-refractivity contribution >= 4 is 0 Å². The van der Waals surface area contributed by atoms with E-state index in [0.717, 1.165) is 12.1 Å². The van der Waals surface area contributed by atoms with Gasteiger partial charge in [0, 0.05) is 19.2 Å². The van der Waals surface area contributed by atoms with Crippen molar-refractivity contribution in [3.05, 3.63) is 12.2 Å². The van der Waals surface area contributed by atoms with Gasteiger partial charge in [-0.2, -0.15) is 0 Å². The minimum Gasteiger partial charge on any atom is -0.382 e. The van der Waals surface area contributed by atoms with Crippen molar-refractivity contribution in [2.75, 3.05) is 33.5 Å². The second kappa shape index (κ2) is 6.98. The van der Waals surface area contributed by atoms with Crippen molar-refractivity contribution in [2.45, 2.75) is 26.3 Å². The Morgan fingerprint density at radius 1 is 1.29 bits per heavy atom. The molecule has 0 heterocycles. The van der Waals surface area contributed by atoms with Crippen LogP contribution in [0, 0.1) is 0 Å². The summed E-state index contributed by atoms with van der Waals surface area (Å²) in [5.41, 5.74) is 1.20. The van der Waals surface area contributed by atoms with Gasteiger partial charge in [0.1, 0.15) is 0 Å². The molecule has 0 unspecified atom stereocenters. The standard InChI is InChI=1S/C11H23NO2/c1-10(8-12-11(2,3)4)9-14-7-6-13-5/h12H,1,6-9H2,2-5H3. The molecule has 3 nitrogen and oxygen atoms in total. The lowest BCUT2D eigenvalue weighted by molar-refractivity contribution is 0.0815. The third-order valence-corrected chi connectivity index (χ3v) is 1.61. The van der Waals surface area contributed by atoms with E-state index in [1.54, 1.807) is 7.11 Å². The largest absolute Gasteiger partial charge is 0.382 e. The van der Waals surface area contributed by atoms with E-state index >= 15 is 0 Å². The number of hydrogen-bond donors (Lipinski definition) is 1. The van der Waals surface area contributed by atoms with E-state index in [4.69, 9.17) is 9.47 Å². The van der Waals surface area contributed by atoms with Gasteiger partial charge in [-0.05, 0) is 26.3 Å². The Hall–Kier alpha value is -0.380. The van der Waals surface area contributed by atoms with Gasteiger partial charge in [0.25, 0.3) is 0 Å². The normalized spacial score (nSPS) is 11.7. The monoisotopic (exact) mass is 201 g/mol. The van der Waals surface area contributed by atoms with Crippen LogP contribution in [0.15, 0.2) is 12.2 Å². The average molecular weight is 201 g/mol. The third-order valence-electron chi connectivity index (χ3n) is 1.61. The highest BCUT2D eigenvalue weighted by Gasteiger charge is 2.08. The first-order valence-corrected chi connectivity index (χ1v) is 4.94. The first kappa shape index (κ1) is 13.6. The average Bonchev–Trinajstić information content (AvgIpc) is 2.08. The molecule has 84 valence electrons. The molecule has 1 N–H and O–H groups in total. The van der Waals surface area contributed by atoms with Crippen LogP contribution in [-0.4, -0.2) is 39.0 Å². The topological polar surface area (TPSA) is 30.5 Å². The van der Waals surface area contributed by atoms with Crippen molar-refractivity contribution in [1.82, 2.24) is 5.32 Å². The van der Waals surface area contributed by atoms with Gasteiger partial charge in [0.2, 0.25) is 0 Å². The molecule has 0 aromatic carbocycles. The van der Waals surface area contributed by atoms with Gasteiger partial charge >= 0.3 is 0 Å². The van der Waals surface area contributed by atoms with Crippen molar-refractivity contribution in [2.24, 2.45) is 0 Å². The zero-order valence-corrected chi connectivity index (χ0v) is 9.85. The van der Waals surface area contributed by atoms with Gasteiger partial charge in [0.05, 0.1) is 19.8 Å². The first-order valence-electron chi connectivity index (χ1n) is 4.94. The summed E-state index contributed by atoms with van der Waals surface area (Å²) >= 11 is 0. The summed E-state index contributed by atoms with van der Waals surface area (Å²) in [6, 6.07) is 0. The van der Waals surface area contributed by atoms with E-state index < -0.39 is 0 Å². The van der Waals surface area contributed by atoms with Crippen LogP contribution >= 0.6 is 0 Å². The summed E-state index contributed by atoms with van der Waals surface area (Å²) in [4.78, 5) is 0. The zero-order chi connectivity index (χ0) is 11.0. The highest BCUT2D eigenvalue weighted by Crippen LogP contribution is 2.00. The first-order chi connectivity index (χ1) is 6.45. The molecule has 0 aliphatic carbocycles. The van der Waals surface area contributed by atoms with E-state index in [9.17, 15) is 0 Å². The Labute approximate surface area is 87.5 Å². The lowest BCUT2D eigenvalue weighted by Crippen LogP contribution is -2.37. The third kappa shape index (κ3) is 9.71. The minimum atomic E-state index is 0.134. The molecule has 0 rings (SSSR count). The van der Waals surface area contributed by atoms with Crippen molar-refractivity contribution in [1.29, 1.82) is 0 Å². The Balaban J connectivity index is 3.38. The molecule has 0 aliphatic heterocycles. The molecule has 3 heteroatoms. The number of methoxy groups -OCH3 is 1. The lowest BCUT2D eigenvalue weighted by Gasteiger charge is -2.21. The quantitative estimate of drug-likeness (QED) is 0.501. The fourth-order valence-electron chi connectivity index (χ4n) is 0.800. The molecule has 0 aromatic rings. The highest BCUT2D eigenvalue weighted by molar-refractivity contribution is 4.98. The molecular weight excluding hydrogens is 178 g/mol. The zero-order valence-electron chi connectivity index (χ0n) is 9.85. The van der Waals surface area contributed by atoms with Gasteiger partial charge in [-0.3, -0.25) is 0 Å². The van der Waals surface area contributed by atoms with E-state index in [1.165, 1.54) is 0 Å². The molecule has 0 amide bonds. The highest BCUT2D eigenvalue weighted by atomic mass is 16.5. The molecule has 0 saturated heterocycles. The molecular formula is C11H23NO2. The Bertz CT molecular complexity index is 161. The van der Waals surface area contributed by atoms with E-state index in [1.807, 2.05) is 0 Å². The fourth-order valence-corrected chi connectivity index (χ4v) is 0.800. The summed E-state index contributed by atoms with van der Waals surface area (Å²) in [6.45, 7) is 13.0. The predicted octanol–water partition coefficient (Wildman–Crippen LogP) is 1.59. The van der Waals surface area contributed by atoms with Crippen LogP contribution in [0.3, 0.4) is 0 Å². The summed E-state index contributed by atoms with van der Waals surface area (Å²) in [5.74, 6) is 0. The van der Waals surface area contributed by atoms with Gasteiger partial charge < -0.3 is 14.8 Å². The Morgan fingerprint density at radius 2 is 1.93 bits per heavy atom. The van der Waals surface area contributed by atoms with Crippen LogP contribution in [0.25, 0.3) is 0 Å². The number of ether oxygens (including phenoxy) is 2. The number of hydrogen-bond acceptors (Lipinski definition) is 3. The number of nitrogens with one attached hydrogen (secondary N) is 1. The van der Waals surface area contributed by atoms with Crippen LogP contribution in [-0.2, 0) is 9.47 Å². The summed E-state index contributed by atoms with van der Waals surface area (Å²) < 4.78 is 10.2. The smallest absolute Gasteiger partial charge is 0.0704 e. The molecule has 0 spiro atoms. The van der Waals surface area contributed by atoms with Gasteiger partial charge in [-0.15, -0.1) is 0 Å². The summed E-state index contributed by atoms with van der Waals surface area (Å²) in [5, 5.41) is 3.35. The van der Waals surface area contributed by atoms with Crippen molar-refractivity contribution in [3.63, 3.8) is 0 Å². The summed E-state index contributed by atoms with van der Waals surface area (Å²) in [7, 11) is 1.67. The summed E-state index contributed by atoms with van der Waals surface area (Å²) in [6.07, 6.45) is 0. The van der Waals surface area contributed by atoms with E-state index in [-0.39, 0.29) is 5.54 Å². The number of rotatable bonds is 7. The predicted molar refractivity (Wildman–Crippen MR) is 59.6 cm³/mol. The van der Waals surface area contributed by atoms with Crippen molar-refractivity contribution in [3.8, 4) is 0 Å². The van der Waals surface area contributed by atoms with E-state index in [0.29, 0.717) is 19.8 Å². The fraction of sp³-hybridized carbons (Fsp3) is 0.818. The van der Waals surface area contributed by atoms with Crippen LogP contribution in [0.5, 0.6) is 0 Å². The second-order valence-corrected chi connectivity index (χ2v) is 4.40. The maximum atomic E-state index is 5.34. The molecule has 0 atom stereocenters. The van der Waals surface area contributed by atoms with Gasteiger partial charge in [-0.1, -0.05) is 6.58 Å². The van der Waals surface area contributed by atoms with Crippen LogP contribution < -0.4 is 5.32 Å². The minimum absolute atomic E-state index is 0.134. The maximum Gasteiger partial charge on any atom is 0.0704 e. The molecule has 0 aromatic heterocycles. The molecule has 0 bridgehead atoms. The molecule has 0 fully saturated rings. The molecule has 0 aliphatic rings. The molecule has 0 radical (unpaired) electrons. The SMILES string of the molecule is C=C(CNC(C)(C)C)COCCOC. The van der Waals surface area contributed by atoms with Gasteiger partial charge in [0.15, 0.2) is 0 Å². The van der Waals surface area contributed by atoms with Gasteiger partial charge in [-0.25, -0.2) is 0 Å².